The number of aryl methyl sites for hydroxylation is 1. The zero-order valence-corrected chi connectivity index (χ0v) is 12.0. The van der Waals surface area contributed by atoms with Crippen LogP contribution in [0.4, 0.5) is 10.7 Å². The van der Waals surface area contributed by atoms with Crippen LogP contribution in [0.25, 0.3) is 0 Å². The van der Waals surface area contributed by atoms with Crippen molar-refractivity contribution < 1.29 is 14.1 Å². The quantitative estimate of drug-likeness (QED) is 0.577. The topological polar surface area (TPSA) is 163 Å². The van der Waals surface area contributed by atoms with Gasteiger partial charge in [0.1, 0.15) is 9.88 Å². The maximum atomic E-state index is 11.4. The predicted octanol–water partition coefficient (Wildman–Crippen LogP) is -0.126. The normalized spacial score (nSPS) is 10.5. The first kappa shape index (κ1) is 14.8. The summed E-state index contributed by atoms with van der Waals surface area (Å²) in [6, 6.07) is 0. The van der Waals surface area contributed by atoms with Crippen LogP contribution in [0.5, 0.6) is 0 Å². The van der Waals surface area contributed by atoms with Gasteiger partial charge in [0.25, 0.3) is 11.8 Å². The van der Waals surface area contributed by atoms with E-state index < -0.39 is 11.8 Å². The summed E-state index contributed by atoms with van der Waals surface area (Å²) in [6.45, 7) is 2.12. The van der Waals surface area contributed by atoms with Gasteiger partial charge in [-0.2, -0.15) is 4.98 Å². The molecule has 2 aromatic heterocycles. The minimum absolute atomic E-state index is 0.00358. The SMILES string of the molecule is Cc1noc(CCNc2sc(C(N)=O)c(N)c2C(N)=O)n1. The number of nitrogen functional groups attached to an aromatic ring is 1. The number of nitrogens with zero attached hydrogens (tertiary/aromatic N) is 2. The fourth-order valence-corrected chi connectivity index (χ4v) is 2.72. The molecule has 2 aromatic rings. The molecule has 2 heterocycles. The second-order valence-electron chi connectivity index (χ2n) is 4.19. The molecule has 0 bridgehead atoms. The lowest BCUT2D eigenvalue weighted by molar-refractivity contribution is 0.0999. The highest BCUT2D eigenvalue weighted by atomic mass is 32.1. The molecule has 0 unspecified atom stereocenters. The van der Waals surface area contributed by atoms with Gasteiger partial charge in [0.05, 0.1) is 11.3 Å². The third kappa shape index (κ3) is 3.11. The Morgan fingerprint density at radius 1 is 1.33 bits per heavy atom. The monoisotopic (exact) mass is 310 g/mol. The summed E-state index contributed by atoms with van der Waals surface area (Å²) in [7, 11) is 0. The van der Waals surface area contributed by atoms with E-state index in [1.807, 2.05) is 0 Å². The summed E-state index contributed by atoms with van der Waals surface area (Å²) in [6.07, 6.45) is 0.447. The largest absolute Gasteiger partial charge is 0.397 e. The van der Waals surface area contributed by atoms with Crippen LogP contribution >= 0.6 is 11.3 Å². The number of rotatable bonds is 6. The van der Waals surface area contributed by atoms with E-state index in [4.69, 9.17) is 21.7 Å². The van der Waals surface area contributed by atoms with Gasteiger partial charge in [-0.1, -0.05) is 5.16 Å². The zero-order valence-electron chi connectivity index (χ0n) is 11.2. The highest BCUT2D eigenvalue weighted by Gasteiger charge is 2.22. The third-order valence-corrected chi connectivity index (χ3v) is 3.79. The van der Waals surface area contributed by atoms with Gasteiger partial charge in [-0.25, -0.2) is 0 Å². The van der Waals surface area contributed by atoms with Gasteiger partial charge in [0.2, 0.25) is 5.89 Å². The molecule has 0 aliphatic carbocycles. The van der Waals surface area contributed by atoms with Gasteiger partial charge in [-0.15, -0.1) is 11.3 Å². The Bertz CT molecular complexity index is 692. The van der Waals surface area contributed by atoms with Crippen molar-refractivity contribution in [1.29, 1.82) is 0 Å². The molecule has 21 heavy (non-hydrogen) atoms. The summed E-state index contributed by atoms with van der Waals surface area (Å²) < 4.78 is 4.96. The second kappa shape index (κ2) is 5.79. The zero-order chi connectivity index (χ0) is 15.6. The van der Waals surface area contributed by atoms with E-state index in [9.17, 15) is 9.59 Å². The maximum Gasteiger partial charge on any atom is 0.260 e. The van der Waals surface area contributed by atoms with Crippen LogP contribution in [-0.2, 0) is 6.42 Å². The van der Waals surface area contributed by atoms with Crippen molar-refractivity contribution in [3.63, 3.8) is 0 Å². The van der Waals surface area contributed by atoms with Crippen LogP contribution in [0.1, 0.15) is 31.7 Å². The number of amides is 2. The fraction of sp³-hybridized carbons (Fsp3) is 0.273. The van der Waals surface area contributed by atoms with Crippen LogP contribution in [0.3, 0.4) is 0 Å². The molecule has 2 amide bonds. The molecule has 0 saturated carbocycles. The number of carbonyl (C=O) groups is 2. The van der Waals surface area contributed by atoms with E-state index in [1.165, 1.54) is 0 Å². The Kier molecular flexibility index (Phi) is 4.08. The lowest BCUT2D eigenvalue weighted by Gasteiger charge is -2.03. The number of primary amides is 2. The van der Waals surface area contributed by atoms with Crippen molar-refractivity contribution in [2.24, 2.45) is 11.5 Å². The van der Waals surface area contributed by atoms with E-state index in [1.54, 1.807) is 6.92 Å². The van der Waals surface area contributed by atoms with Crippen LogP contribution < -0.4 is 22.5 Å². The van der Waals surface area contributed by atoms with Gasteiger partial charge >= 0.3 is 0 Å². The summed E-state index contributed by atoms with van der Waals surface area (Å²) in [5.41, 5.74) is 16.2. The second-order valence-corrected chi connectivity index (χ2v) is 5.21. The van der Waals surface area contributed by atoms with Crippen molar-refractivity contribution in [3.05, 3.63) is 22.2 Å². The minimum atomic E-state index is -0.729. The van der Waals surface area contributed by atoms with E-state index in [0.29, 0.717) is 29.7 Å². The van der Waals surface area contributed by atoms with Crippen molar-refractivity contribution in [3.8, 4) is 0 Å². The molecule has 2 rings (SSSR count). The first-order valence-electron chi connectivity index (χ1n) is 5.95. The summed E-state index contributed by atoms with van der Waals surface area (Å²) in [5, 5.41) is 7.03. The van der Waals surface area contributed by atoms with Crippen LogP contribution in [-0.4, -0.2) is 28.5 Å². The number of thiophene rings is 1. The van der Waals surface area contributed by atoms with Gasteiger partial charge in [0.15, 0.2) is 5.82 Å². The van der Waals surface area contributed by atoms with Gasteiger partial charge in [-0.3, -0.25) is 9.59 Å². The van der Waals surface area contributed by atoms with Crippen LogP contribution in [0.2, 0.25) is 0 Å². The number of hydrogen-bond acceptors (Lipinski definition) is 8. The molecule has 10 heteroatoms. The molecule has 0 aliphatic heterocycles. The Labute approximate surface area is 123 Å². The molecule has 9 nitrogen and oxygen atoms in total. The third-order valence-electron chi connectivity index (χ3n) is 2.61. The van der Waals surface area contributed by atoms with E-state index in [-0.39, 0.29) is 16.1 Å². The molecule has 0 aliphatic rings. The van der Waals surface area contributed by atoms with Gasteiger partial charge < -0.3 is 27.0 Å². The number of nitrogens with two attached hydrogens (primary N) is 3. The number of aromatic nitrogens is 2. The Hall–Kier alpha value is -2.62. The van der Waals surface area contributed by atoms with E-state index in [0.717, 1.165) is 11.3 Å². The molecule has 0 fully saturated rings. The standard InChI is InChI=1S/C11H14N6O3S/c1-4-16-5(20-17-4)2-3-15-11-6(9(13)18)7(12)8(21-11)10(14)19/h15H,2-3,12H2,1H3,(H2,13,18)(H2,14,19). The number of hydrogen-bond donors (Lipinski definition) is 4. The molecule has 0 aromatic carbocycles. The molecule has 0 saturated heterocycles. The molecule has 0 radical (unpaired) electrons. The summed E-state index contributed by atoms with van der Waals surface area (Å²) in [4.78, 5) is 26.8. The van der Waals surface area contributed by atoms with E-state index in [2.05, 4.69) is 15.5 Å². The lowest BCUT2D eigenvalue weighted by Crippen LogP contribution is -2.17. The van der Waals surface area contributed by atoms with Crippen molar-refractivity contribution in [1.82, 2.24) is 10.1 Å². The smallest absolute Gasteiger partial charge is 0.260 e. The number of nitrogens with one attached hydrogen (secondary N) is 1. The molecule has 0 atom stereocenters. The Morgan fingerprint density at radius 3 is 2.57 bits per heavy atom. The predicted molar refractivity (Wildman–Crippen MR) is 77.0 cm³/mol. The maximum absolute atomic E-state index is 11.4. The highest BCUT2D eigenvalue weighted by molar-refractivity contribution is 7.19. The highest BCUT2D eigenvalue weighted by Crippen LogP contribution is 2.35. The summed E-state index contributed by atoms with van der Waals surface area (Å²) >= 11 is 0.985. The summed E-state index contributed by atoms with van der Waals surface area (Å²) in [5.74, 6) is -0.438. The molecule has 7 N–H and O–H groups in total. The van der Waals surface area contributed by atoms with Crippen LogP contribution in [0, 0.1) is 6.92 Å². The Morgan fingerprint density at radius 2 is 2.05 bits per heavy atom. The molecular weight excluding hydrogens is 296 g/mol. The van der Waals surface area contributed by atoms with Crippen molar-refractivity contribution in [2.75, 3.05) is 17.6 Å². The van der Waals surface area contributed by atoms with Crippen molar-refractivity contribution >= 4 is 33.8 Å². The minimum Gasteiger partial charge on any atom is -0.397 e. The fourth-order valence-electron chi connectivity index (χ4n) is 1.72. The lowest BCUT2D eigenvalue weighted by atomic mass is 10.2. The van der Waals surface area contributed by atoms with Crippen LogP contribution in [0.15, 0.2) is 4.52 Å². The number of carbonyl (C=O) groups excluding carboxylic acids is 2. The van der Waals surface area contributed by atoms with Crippen molar-refractivity contribution in [2.45, 2.75) is 13.3 Å². The number of anilines is 2. The first-order valence-corrected chi connectivity index (χ1v) is 6.76. The van der Waals surface area contributed by atoms with E-state index >= 15 is 0 Å². The molecule has 112 valence electrons. The first-order chi connectivity index (χ1) is 9.90. The van der Waals surface area contributed by atoms with Gasteiger partial charge in [0, 0.05) is 13.0 Å². The average Bonchev–Trinajstić information content (AvgIpc) is 2.93. The van der Waals surface area contributed by atoms with Gasteiger partial charge in [-0.05, 0) is 6.92 Å². The average molecular weight is 310 g/mol. The molecular formula is C11H14N6O3S. The molecule has 0 spiro atoms. The Balaban J connectivity index is 2.13.